The number of fused-ring (bicyclic) bond motifs is 1. The van der Waals surface area contributed by atoms with Gasteiger partial charge in [0, 0.05) is 49.5 Å². The number of aromatic amines is 1. The van der Waals surface area contributed by atoms with Crippen LogP contribution in [-0.4, -0.2) is 36.4 Å². The quantitative estimate of drug-likeness (QED) is 0.725. The van der Waals surface area contributed by atoms with Crippen molar-refractivity contribution >= 4 is 16.5 Å². The van der Waals surface area contributed by atoms with Crippen LogP contribution >= 0.6 is 11.3 Å². The highest BCUT2D eigenvalue weighted by atomic mass is 32.1. The fraction of sp³-hybridized carbons (Fsp3) is 0.267. The van der Waals surface area contributed by atoms with Crippen molar-refractivity contribution in [2.24, 2.45) is 0 Å². The molecule has 0 spiro atoms. The molecule has 1 aliphatic heterocycles. The van der Waals surface area contributed by atoms with Crippen LogP contribution in [0, 0.1) is 0 Å². The first kappa shape index (κ1) is 14.9. The molecule has 4 heterocycles. The Bertz CT molecular complexity index is 921. The van der Waals surface area contributed by atoms with E-state index in [-0.39, 0.29) is 5.56 Å². The van der Waals surface area contributed by atoms with E-state index in [2.05, 4.69) is 29.8 Å². The molecule has 8 nitrogen and oxygen atoms in total. The third-order valence-electron chi connectivity index (χ3n) is 3.93. The number of anilines is 1. The largest absolute Gasteiger partial charge is 0.375 e. The van der Waals surface area contributed by atoms with Crippen molar-refractivity contribution in [3.8, 4) is 11.4 Å². The second-order valence-electron chi connectivity index (χ2n) is 5.59. The molecule has 4 rings (SSSR count). The Hall–Kier alpha value is -2.65. The Balaban J connectivity index is 1.59. The molecular weight excluding hydrogens is 326 g/mol. The Labute approximate surface area is 141 Å². The molecule has 0 bridgehead atoms. The number of thiazole rings is 1. The van der Waals surface area contributed by atoms with Gasteiger partial charge < -0.3 is 10.7 Å². The highest BCUT2D eigenvalue weighted by Gasteiger charge is 2.22. The first-order valence-electron chi connectivity index (χ1n) is 7.49. The molecule has 3 aromatic rings. The number of aromatic nitrogens is 5. The van der Waals surface area contributed by atoms with Gasteiger partial charge in [0.1, 0.15) is 12.2 Å². The minimum Gasteiger partial charge on any atom is -0.375 e. The van der Waals surface area contributed by atoms with Crippen molar-refractivity contribution in [1.29, 1.82) is 0 Å². The number of nitrogen functional groups attached to an aromatic ring is 1. The van der Waals surface area contributed by atoms with Gasteiger partial charge in [-0.25, -0.2) is 19.9 Å². The average Bonchev–Trinajstić information content (AvgIpc) is 3.01. The van der Waals surface area contributed by atoms with Gasteiger partial charge in [0.2, 0.25) is 0 Å². The van der Waals surface area contributed by atoms with Gasteiger partial charge in [-0.05, 0) is 0 Å². The van der Waals surface area contributed by atoms with Gasteiger partial charge in [-0.15, -0.1) is 11.3 Å². The summed E-state index contributed by atoms with van der Waals surface area (Å²) >= 11 is 1.48. The molecule has 0 aliphatic carbocycles. The second-order valence-corrected chi connectivity index (χ2v) is 6.74. The standard InChI is InChI=1S/C15H15N7OS/c16-15-19-5-10(24-15)6-22-2-1-12-11(7-22)14(23)21-13(20-12)9-3-17-8-18-4-9/h3-5,8H,1-2,6-7H2,(H2,16,19)(H,20,21,23). The lowest BCUT2D eigenvalue weighted by molar-refractivity contribution is 0.244. The predicted molar refractivity (Wildman–Crippen MR) is 90.2 cm³/mol. The molecule has 0 atom stereocenters. The van der Waals surface area contributed by atoms with Crippen LogP contribution in [-0.2, 0) is 19.5 Å². The minimum absolute atomic E-state index is 0.104. The van der Waals surface area contributed by atoms with Crippen LogP contribution in [0.5, 0.6) is 0 Å². The third kappa shape index (κ3) is 2.91. The minimum atomic E-state index is -0.104. The lowest BCUT2D eigenvalue weighted by Crippen LogP contribution is -2.35. The molecular formula is C15H15N7OS. The molecule has 9 heteroatoms. The fourth-order valence-electron chi connectivity index (χ4n) is 2.79. The van der Waals surface area contributed by atoms with Crippen LogP contribution in [0.4, 0.5) is 5.13 Å². The van der Waals surface area contributed by atoms with Gasteiger partial charge in [0.25, 0.3) is 5.56 Å². The molecule has 1 aliphatic rings. The summed E-state index contributed by atoms with van der Waals surface area (Å²) in [7, 11) is 0. The van der Waals surface area contributed by atoms with Gasteiger partial charge in [-0.1, -0.05) is 0 Å². The Kier molecular flexibility index (Phi) is 3.79. The number of H-pyrrole nitrogens is 1. The SMILES string of the molecule is Nc1ncc(CN2CCc3nc(-c4cncnc4)[nH]c(=O)c3C2)s1. The number of rotatable bonds is 3. The molecule has 0 amide bonds. The van der Waals surface area contributed by atoms with Crippen LogP contribution in [0.1, 0.15) is 16.1 Å². The van der Waals surface area contributed by atoms with Crippen molar-refractivity contribution in [3.05, 3.63) is 51.4 Å². The van der Waals surface area contributed by atoms with E-state index >= 15 is 0 Å². The number of nitrogens with one attached hydrogen (secondary N) is 1. The van der Waals surface area contributed by atoms with Gasteiger partial charge in [-0.2, -0.15) is 0 Å². The summed E-state index contributed by atoms with van der Waals surface area (Å²) in [6.07, 6.45) is 7.25. The Morgan fingerprint density at radius 2 is 2.12 bits per heavy atom. The summed E-state index contributed by atoms with van der Waals surface area (Å²) in [6, 6.07) is 0. The van der Waals surface area contributed by atoms with Gasteiger partial charge >= 0.3 is 0 Å². The number of nitrogens with two attached hydrogens (primary N) is 1. The van der Waals surface area contributed by atoms with Gasteiger partial charge in [0.05, 0.1) is 16.8 Å². The highest BCUT2D eigenvalue weighted by molar-refractivity contribution is 7.15. The van der Waals surface area contributed by atoms with Crippen molar-refractivity contribution in [3.63, 3.8) is 0 Å². The summed E-state index contributed by atoms with van der Waals surface area (Å²) in [4.78, 5) is 35.2. The van der Waals surface area contributed by atoms with E-state index in [0.29, 0.717) is 23.1 Å². The van der Waals surface area contributed by atoms with E-state index in [4.69, 9.17) is 5.73 Å². The third-order valence-corrected chi connectivity index (χ3v) is 4.74. The maximum absolute atomic E-state index is 12.5. The highest BCUT2D eigenvalue weighted by Crippen LogP contribution is 2.21. The molecule has 3 aromatic heterocycles. The van der Waals surface area contributed by atoms with E-state index in [0.717, 1.165) is 35.6 Å². The second kappa shape index (κ2) is 6.10. The van der Waals surface area contributed by atoms with Crippen molar-refractivity contribution in [2.45, 2.75) is 19.5 Å². The first-order valence-corrected chi connectivity index (χ1v) is 8.30. The Morgan fingerprint density at radius 3 is 2.88 bits per heavy atom. The molecule has 24 heavy (non-hydrogen) atoms. The van der Waals surface area contributed by atoms with E-state index in [1.165, 1.54) is 17.7 Å². The molecule has 0 fully saturated rings. The zero-order valence-corrected chi connectivity index (χ0v) is 13.6. The predicted octanol–water partition coefficient (Wildman–Crippen LogP) is 0.824. The summed E-state index contributed by atoms with van der Waals surface area (Å²) < 4.78 is 0. The number of hydrogen-bond donors (Lipinski definition) is 2. The van der Waals surface area contributed by atoms with Crippen LogP contribution in [0.2, 0.25) is 0 Å². The van der Waals surface area contributed by atoms with E-state index in [1.807, 2.05) is 0 Å². The fourth-order valence-corrected chi connectivity index (χ4v) is 3.52. The van der Waals surface area contributed by atoms with Crippen LogP contribution in [0.15, 0.2) is 29.7 Å². The van der Waals surface area contributed by atoms with Crippen molar-refractivity contribution in [1.82, 2.24) is 29.8 Å². The molecule has 0 aromatic carbocycles. The molecule has 0 radical (unpaired) electrons. The lowest BCUT2D eigenvalue weighted by atomic mass is 10.1. The topological polar surface area (TPSA) is 114 Å². The molecule has 3 N–H and O–H groups in total. The van der Waals surface area contributed by atoms with Gasteiger partial charge in [0.15, 0.2) is 5.13 Å². The first-order chi connectivity index (χ1) is 11.7. The van der Waals surface area contributed by atoms with E-state index < -0.39 is 0 Å². The number of nitrogens with zero attached hydrogens (tertiary/aromatic N) is 5. The molecule has 122 valence electrons. The molecule has 0 saturated heterocycles. The summed E-state index contributed by atoms with van der Waals surface area (Å²) in [5.41, 5.74) is 7.84. The van der Waals surface area contributed by atoms with Crippen molar-refractivity contribution in [2.75, 3.05) is 12.3 Å². The monoisotopic (exact) mass is 341 g/mol. The zero-order valence-electron chi connectivity index (χ0n) is 12.8. The summed E-state index contributed by atoms with van der Waals surface area (Å²) in [6.45, 7) is 2.15. The van der Waals surface area contributed by atoms with Crippen molar-refractivity contribution < 1.29 is 0 Å². The Morgan fingerprint density at radius 1 is 1.29 bits per heavy atom. The number of hydrogen-bond acceptors (Lipinski definition) is 8. The summed E-state index contributed by atoms with van der Waals surface area (Å²) in [5.74, 6) is 0.517. The lowest BCUT2D eigenvalue weighted by Gasteiger charge is -2.27. The maximum atomic E-state index is 12.5. The van der Waals surface area contributed by atoms with E-state index in [9.17, 15) is 4.79 Å². The van der Waals surface area contributed by atoms with Crippen LogP contribution in [0.3, 0.4) is 0 Å². The zero-order chi connectivity index (χ0) is 16.5. The van der Waals surface area contributed by atoms with Gasteiger partial charge in [-0.3, -0.25) is 9.69 Å². The van der Waals surface area contributed by atoms with Crippen LogP contribution in [0.25, 0.3) is 11.4 Å². The summed E-state index contributed by atoms with van der Waals surface area (Å²) in [5, 5.41) is 0.566. The van der Waals surface area contributed by atoms with Crippen LogP contribution < -0.4 is 11.3 Å². The maximum Gasteiger partial charge on any atom is 0.255 e. The smallest absolute Gasteiger partial charge is 0.255 e. The molecule has 0 saturated carbocycles. The normalized spacial score (nSPS) is 14.5. The average molecular weight is 341 g/mol. The molecule has 0 unspecified atom stereocenters. The van der Waals surface area contributed by atoms with E-state index in [1.54, 1.807) is 18.6 Å².